The molecule has 0 spiro atoms. The molecule has 8 heteroatoms. The highest BCUT2D eigenvalue weighted by molar-refractivity contribution is 6.03. The number of Topliss-reactive ketones (excluding diaryl/α,β-unsaturated/α-hetero) is 1. The number of carbonyl (C=O) groups is 2. The lowest BCUT2D eigenvalue weighted by Crippen LogP contribution is -2.36. The summed E-state index contributed by atoms with van der Waals surface area (Å²) in [5, 5.41) is 3.22. The third kappa shape index (κ3) is 7.17. The average Bonchev–Trinajstić information content (AvgIpc) is 3.37. The zero-order valence-electron chi connectivity index (χ0n) is 19.6. The fourth-order valence-electron chi connectivity index (χ4n) is 3.44. The number of anilines is 1. The van der Waals surface area contributed by atoms with Gasteiger partial charge in [0.2, 0.25) is 0 Å². The van der Waals surface area contributed by atoms with E-state index in [0.717, 1.165) is 48.2 Å². The van der Waals surface area contributed by atoms with Gasteiger partial charge in [0.15, 0.2) is 5.78 Å². The lowest BCUT2D eigenvalue weighted by atomic mass is 9.97. The second kappa shape index (κ2) is 12.5. The molecule has 1 heterocycles. The number of unbranched alkanes of at least 4 members (excludes halogenated alkanes) is 1. The van der Waals surface area contributed by atoms with Crippen molar-refractivity contribution in [2.45, 2.75) is 39.2 Å². The molecule has 1 aliphatic rings. The van der Waals surface area contributed by atoms with Crippen molar-refractivity contribution in [3.63, 3.8) is 0 Å². The molecule has 1 fully saturated rings. The predicted molar refractivity (Wildman–Crippen MR) is 134 cm³/mol. The molecule has 3 rings (SSSR count). The number of aliphatic imine (C=N–C) groups is 1. The topological polar surface area (TPSA) is 118 Å². The number of amidine groups is 1. The number of hydrogen-bond acceptors (Lipinski definition) is 6. The number of hydrazine groups is 1. The minimum absolute atomic E-state index is 0.103. The van der Waals surface area contributed by atoms with Crippen LogP contribution in [-0.2, 0) is 4.74 Å². The van der Waals surface area contributed by atoms with E-state index in [1.54, 1.807) is 12.1 Å². The van der Waals surface area contributed by atoms with Crippen LogP contribution in [0.15, 0.2) is 47.5 Å². The van der Waals surface area contributed by atoms with Gasteiger partial charge in [-0.2, -0.15) is 4.99 Å². The molecule has 2 aromatic rings. The number of benzene rings is 2. The van der Waals surface area contributed by atoms with Gasteiger partial charge in [0.1, 0.15) is 5.84 Å². The molecule has 1 unspecified atom stereocenters. The van der Waals surface area contributed by atoms with E-state index in [4.69, 9.17) is 10.5 Å². The smallest absolute Gasteiger partial charge is 0.435 e. The summed E-state index contributed by atoms with van der Waals surface area (Å²) in [5.41, 5.74) is 15.9. The Morgan fingerprint density at radius 2 is 2.03 bits per heavy atom. The maximum Gasteiger partial charge on any atom is 0.435 e. The number of carbonyl (C=O) groups excluding carboxylic acids is 2. The number of hydrogen-bond donors (Lipinski definition) is 4. The Labute approximate surface area is 200 Å². The van der Waals surface area contributed by atoms with Crippen molar-refractivity contribution in [1.82, 2.24) is 10.9 Å². The minimum Gasteiger partial charge on any atom is -0.448 e. The number of amides is 1. The molecule has 0 radical (unpaired) electrons. The van der Waals surface area contributed by atoms with Gasteiger partial charge < -0.3 is 15.8 Å². The van der Waals surface area contributed by atoms with E-state index in [2.05, 4.69) is 33.0 Å². The number of rotatable bonds is 8. The van der Waals surface area contributed by atoms with Crippen LogP contribution in [-0.4, -0.2) is 43.5 Å². The molecule has 5 N–H and O–H groups in total. The van der Waals surface area contributed by atoms with Gasteiger partial charge >= 0.3 is 6.09 Å². The Balaban J connectivity index is 1.51. The fraction of sp³-hybridized carbons (Fsp3) is 0.346. The van der Waals surface area contributed by atoms with Crippen molar-refractivity contribution in [3.05, 3.63) is 64.7 Å². The van der Waals surface area contributed by atoms with Crippen LogP contribution in [0.1, 0.15) is 53.2 Å². The molecule has 0 saturated carbocycles. The molecule has 1 atom stereocenters. The zero-order chi connectivity index (χ0) is 24.3. The van der Waals surface area contributed by atoms with Crippen LogP contribution >= 0.6 is 0 Å². The van der Waals surface area contributed by atoms with Crippen LogP contribution in [0.4, 0.5) is 10.5 Å². The van der Waals surface area contributed by atoms with E-state index in [1.165, 1.54) is 0 Å². The van der Waals surface area contributed by atoms with E-state index in [0.29, 0.717) is 18.7 Å². The van der Waals surface area contributed by atoms with E-state index >= 15 is 0 Å². The number of aryl methyl sites for hydroxylation is 1. The Hall–Kier alpha value is -3.67. The zero-order valence-corrected chi connectivity index (χ0v) is 19.6. The van der Waals surface area contributed by atoms with E-state index in [1.807, 2.05) is 44.2 Å². The number of nitrogens with one attached hydrogen (secondary N) is 3. The molecule has 0 aromatic heterocycles. The van der Waals surface area contributed by atoms with Crippen LogP contribution in [0.2, 0.25) is 0 Å². The maximum atomic E-state index is 12.6. The summed E-state index contributed by atoms with van der Waals surface area (Å²) in [6.07, 6.45) is 1.85. The summed E-state index contributed by atoms with van der Waals surface area (Å²) >= 11 is 0. The number of ketones is 1. The minimum atomic E-state index is -0.678. The second-order valence-corrected chi connectivity index (χ2v) is 8.00. The molecular formula is C26H31N5O3. The summed E-state index contributed by atoms with van der Waals surface area (Å²) in [4.78, 5) is 28.0. The lowest BCUT2D eigenvalue weighted by Gasteiger charge is -2.10. The molecule has 8 nitrogen and oxygen atoms in total. The van der Waals surface area contributed by atoms with Crippen LogP contribution in [0.3, 0.4) is 0 Å². The molecule has 0 bridgehead atoms. The van der Waals surface area contributed by atoms with Crippen molar-refractivity contribution >= 4 is 23.4 Å². The van der Waals surface area contributed by atoms with Crippen molar-refractivity contribution in [2.75, 3.05) is 25.0 Å². The van der Waals surface area contributed by atoms with E-state index < -0.39 is 6.09 Å². The van der Waals surface area contributed by atoms with Crippen molar-refractivity contribution < 1.29 is 14.3 Å². The molecule has 1 saturated heterocycles. The van der Waals surface area contributed by atoms with Gasteiger partial charge in [0.05, 0.1) is 19.2 Å². The van der Waals surface area contributed by atoms with Crippen molar-refractivity contribution in [2.24, 2.45) is 10.7 Å². The van der Waals surface area contributed by atoms with Crippen molar-refractivity contribution in [1.29, 1.82) is 0 Å². The van der Waals surface area contributed by atoms with Gasteiger partial charge in [-0.15, -0.1) is 0 Å². The largest absolute Gasteiger partial charge is 0.448 e. The fourth-order valence-corrected chi connectivity index (χ4v) is 3.44. The van der Waals surface area contributed by atoms with Gasteiger partial charge in [-0.05, 0) is 67.8 Å². The first kappa shape index (κ1) is 25.0. The van der Waals surface area contributed by atoms with Gasteiger partial charge in [0.25, 0.3) is 0 Å². The summed E-state index contributed by atoms with van der Waals surface area (Å²) in [5.74, 6) is 6.43. The molecule has 0 aliphatic carbocycles. The Morgan fingerprint density at radius 1 is 1.24 bits per heavy atom. The molecule has 34 heavy (non-hydrogen) atoms. The van der Waals surface area contributed by atoms with E-state index in [9.17, 15) is 9.59 Å². The van der Waals surface area contributed by atoms with Gasteiger partial charge in [-0.1, -0.05) is 25.2 Å². The monoisotopic (exact) mass is 461 g/mol. The maximum absolute atomic E-state index is 12.6. The normalized spacial score (nSPS) is 15.4. The third-order valence-corrected chi connectivity index (χ3v) is 5.37. The quantitative estimate of drug-likeness (QED) is 0.157. The van der Waals surface area contributed by atoms with Gasteiger partial charge in [-0.3, -0.25) is 10.2 Å². The Morgan fingerprint density at radius 3 is 2.71 bits per heavy atom. The number of nitrogens with zero attached hydrogens (tertiary/aromatic N) is 1. The SMILES string of the molecule is CCCCOC(=O)N=C(N)c1ccc(NCC#Cc2ccc(C(=O)C3CCNN3)c(C)c2)cc1. The molecular weight excluding hydrogens is 430 g/mol. The molecule has 1 aliphatic heterocycles. The first-order valence-electron chi connectivity index (χ1n) is 11.4. The molecule has 178 valence electrons. The summed E-state index contributed by atoms with van der Waals surface area (Å²) in [6.45, 7) is 5.53. The van der Waals surface area contributed by atoms with Crippen LogP contribution in [0, 0.1) is 18.8 Å². The predicted octanol–water partition coefficient (Wildman–Crippen LogP) is 3.15. The number of nitrogens with two attached hydrogens (primary N) is 1. The highest BCUT2D eigenvalue weighted by Crippen LogP contribution is 2.15. The summed E-state index contributed by atoms with van der Waals surface area (Å²) < 4.78 is 4.99. The summed E-state index contributed by atoms with van der Waals surface area (Å²) in [7, 11) is 0. The van der Waals surface area contributed by atoms with Crippen molar-refractivity contribution in [3.8, 4) is 11.8 Å². The van der Waals surface area contributed by atoms with Crippen LogP contribution in [0.5, 0.6) is 0 Å². The van der Waals surface area contributed by atoms with E-state index in [-0.39, 0.29) is 17.7 Å². The Bertz CT molecular complexity index is 1090. The lowest BCUT2D eigenvalue weighted by molar-refractivity contribution is 0.0949. The standard InChI is InChI=1S/C26H31N5O3/c1-3-4-16-34-26(33)30-25(27)20-8-10-21(11-9-20)28-14-5-6-19-7-12-22(18(2)17-19)24(32)23-13-15-29-31-23/h7-12,17,23,28-29,31H,3-4,13-16H2,1-2H3,(H2,27,30,33). The molecule has 1 amide bonds. The second-order valence-electron chi connectivity index (χ2n) is 8.00. The Kier molecular flexibility index (Phi) is 9.21. The average molecular weight is 462 g/mol. The number of ether oxygens (including phenoxy) is 1. The van der Waals surface area contributed by atoms with Crippen LogP contribution < -0.4 is 21.9 Å². The van der Waals surface area contributed by atoms with Gasteiger partial charge in [-0.25, -0.2) is 10.2 Å². The summed E-state index contributed by atoms with van der Waals surface area (Å²) in [6, 6.07) is 12.7. The highest BCUT2D eigenvalue weighted by Gasteiger charge is 2.24. The first-order chi connectivity index (χ1) is 16.5. The van der Waals surface area contributed by atoms with Gasteiger partial charge in [0, 0.05) is 28.9 Å². The third-order valence-electron chi connectivity index (χ3n) is 5.37. The van der Waals surface area contributed by atoms with Crippen LogP contribution in [0.25, 0.3) is 0 Å². The molecule has 2 aromatic carbocycles. The first-order valence-corrected chi connectivity index (χ1v) is 11.4. The highest BCUT2D eigenvalue weighted by atomic mass is 16.5.